The topological polar surface area (TPSA) is 89.3 Å². The number of hydrogen-bond donors (Lipinski definition) is 2. The maximum absolute atomic E-state index is 11.6. The molecule has 0 aromatic rings. The fourth-order valence-electron chi connectivity index (χ4n) is 2.05. The van der Waals surface area contributed by atoms with Crippen molar-refractivity contribution in [3.8, 4) is 0 Å². The van der Waals surface area contributed by atoms with Crippen LogP contribution in [0.1, 0.15) is 25.7 Å². The predicted octanol–water partition coefficient (Wildman–Crippen LogP) is -0.315. The molecule has 90 valence electrons. The van der Waals surface area contributed by atoms with E-state index < -0.39 is 9.84 Å². The van der Waals surface area contributed by atoms with Crippen LogP contribution in [0.2, 0.25) is 0 Å². The summed E-state index contributed by atoms with van der Waals surface area (Å²) in [5.41, 5.74) is 5.58. The Labute approximate surface area is 95.0 Å². The second-order valence-corrected chi connectivity index (χ2v) is 6.66. The van der Waals surface area contributed by atoms with Gasteiger partial charge < -0.3 is 11.1 Å². The molecule has 1 unspecified atom stereocenters. The standard InChI is InChI=1S/C10H16N2O3S/c11-10(3-1-4-10)6-9(13)12-8-2-5-16(14,15)7-8/h2,5,8H,1,3-4,6-7,11H2,(H,12,13). The third kappa shape index (κ3) is 2.62. The van der Waals surface area contributed by atoms with E-state index in [2.05, 4.69) is 5.32 Å². The van der Waals surface area contributed by atoms with E-state index in [4.69, 9.17) is 5.73 Å². The molecular weight excluding hydrogens is 228 g/mol. The first-order valence-electron chi connectivity index (χ1n) is 5.38. The van der Waals surface area contributed by atoms with E-state index in [0.717, 1.165) is 24.7 Å². The minimum Gasteiger partial charge on any atom is -0.349 e. The summed E-state index contributed by atoms with van der Waals surface area (Å²) in [5, 5.41) is 3.83. The predicted molar refractivity (Wildman–Crippen MR) is 60.2 cm³/mol. The number of nitrogens with one attached hydrogen (secondary N) is 1. The lowest BCUT2D eigenvalue weighted by molar-refractivity contribution is -0.123. The van der Waals surface area contributed by atoms with Crippen LogP contribution in [0, 0.1) is 0 Å². The Kier molecular flexibility index (Phi) is 2.79. The highest BCUT2D eigenvalue weighted by molar-refractivity contribution is 7.94. The van der Waals surface area contributed by atoms with E-state index in [1.165, 1.54) is 6.08 Å². The first-order chi connectivity index (χ1) is 7.39. The van der Waals surface area contributed by atoms with Gasteiger partial charge in [0.2, 0.25) is 5.91 Å². The van der Waals surface area contributed by atoms with E-state index in [9.17, 15) is 13.2 Å². The number of amides is 1. The molecule has 16 heavy (non-hydrogen) atoms. The van der Waals surface area contributed by atoms with Crippen molar-refractivity contribution in [1.82, 2.24) is 5.32 Å². The Bertz CT molecular complexity index is 423. The number of nitrogens with two attached hydrogens (primary N) is 1. The smallest absolute Gasteiger partial charge is 0.222 e. The van der Waals surface area contributed by atoms with Crippen LogP contribution in [-0.4, -0.2) is 31.7 Å². The summed E-state index contributed by atoms with van der Waals surface area (Å²) in [6.07, 6.45) is 4.62. The molecule has 0 bridgehead atoms. The molecule has 5 nitrogen and oxygen atoms in total. The van der Waals surface area contributed by atoms with Crippen LogP contribution in [0.25, 0.3) is 0 Å². The van der Waals surface area contributed by atoms with Gasteiger partial charge in [0, 0.05) is 17.4 Å². The molecule has 2 rings (SSSR count). The van der Waals surface area contributed by atoms with E-state index in [-0.39, 0.29) is 29.7 Å². The van der Waals surface area contributed by atoms with E-state index >= 15 is 0 Å². The zero-order chi connectivity index (χ0) is 11.8. The van der Waals surface area contributed by atoms with E-state index in [0.29, 0.717) is 0 Å². The molecule has 1 fully saturated rings. The van der Waals surface area contributed by atoms with Gasteiger partial charge in [-0.15, -0.1) is 0 Å². The number of rotatable bonds is 3. The molecule has 1 atom stereocenters. The summed E-state index contributed by atoms with van der Waals surface area (Å²) in [5.74, 6) is -0.190. The summed E-state index contributed by atoms with van der Waals surface area (Å²) in [6.45, 7) is 0. The summed E-state index contributed by atoms with van der Waals surface area (Å²) in [7, 11) is -3.10. The van der Waals surface area contributed by atoms with Crippen LogP contribution in [0.3, 0.4) is 0 Å². The third-order valence-corrected chi connectivity index (χ3v) is 4.53. The Morgan fingerprint density at radius 2 is 2.19 bits per heavy atom. The highest BCUT2D eigenvalue weighted by Crippen LogP contribution is 2.31. The monoisotopic (exact) mass is 244 g/mol. The molecule has 1 heterocycles. The van der Waals surface area contributed by atoms with Crippen molar-refractivity contribution in [2.45, 2.75) is 37.3 Å². The Morgan fingerprint density at radius 1 is 1.50 bits per heavy atom. The Balaban J connectivity index is 1.83. The van der Waals surface area contributed by atoms with Gasteiger partial charge in [0.05, 0.1) is 11.8 Å². The van der Waals surface area contributed by atoms with Gasteiger partial charge in [-0.1, -0.05) is 0 Å². The average Bonchev–Trinajstić information content (AvgIpc) is 2.42. The third-order valence-electron chi connectivity index (χ3n) is 3.14. The minimum absolute atomic E-state index is 0.0314. The number of carbonyl (C=O) groups is 1. The van der Waals surface area contributed by atoms with Gasteiger partial charge in [-0.3, -0.25) is 4.79 Å². The Hall–Kier alpha value is -0.880. The van der Waals surface area contributed by atoms with E-state index in [1.807, 2.05) is 0 Å². The summed E-state index contributed by atoms with van der Waals surface area (Å²) in [6, 6.07) is -0.388. The molecule has 0 aromatic heterocycles. The van der Waals surface area contributed by atoms with Crippen LogP contribution in [0.15, 0.2) is 11.5 Å². The SMILES string of the molecule is NC1(CC(=O)NC2C=CS(=O)(=O)C2)CCC1. The minimum atomic E-state index is -3.10. The van der Waals surface area contributed by atoms with Crippen molar-refractivity contribution in [3.05, 3.63) is 11.5 Å². The molecule has 1 saturated carbocycles. The fraction of sp³-hybridized carbons (Fsp3) is 0.700. The lowest BCUT2D eigenvalue weighted by Gasteiger charge is -2.37. The van der Waals surface area contributed by atoms with Gasteiger partial charge in [-0.05, 0) is 25.3 Å². The van der Waals surface area contributed by atoms with Crippen LogP contribution < -0.4 is 11.1 Å². The van der Waals surface area contributed by atoms with Gasteiger partial charge in [0.15, 0.2) is 9.84 Å². The summed E-state index contributed by atoms with van der Waals surface area (Å²) >= 11 is 0. The van der Waals surface area contributed by atoms with Crippen LogP contribution in [0.4, 0.5) is 0 Å². The van der Waals surface area contributed by atoms with E-state index in [1.54, 1.807) is 0 Å². The van der Waals surface area contributed by atoms with Crippen molar-refractivity contribution in [2.75, 3.05) is 5.75 Å². The molecule has 1 aliphatic heterocycles. The molecule has 3 N–H and O–H groups in total. The molecule has 1 aliphatic carbocycles. The molecule has 0 spiro atoms. The average molecular weight is 244 g/mol. The zero-order valence-corrected chi connectivity index (χ0v) is 9.79. The van der Waals surface area contributed by atoms with Gasteiger partial charge >= 0.3 is 0 Å². The highest BCUT2D eigenvalue weighted by Gasteiger charge is 2.35. The maximum atomic E-state index is 11.6. The second kappa shape index (κ2) is 3.85. The number of carbonyl (C=O) groups excluding carboxylic acids is 1. The van der Waals surface area contributed by atoms with Crippen molar-refractivity contribution < 1.29 is 13.2 Å². The number of hydrogen-bond acceptors (Lipinski definition) is 4. The lowest BCUT2D eigenvalue weighted by Crippen LogP contribution is -2.51. The quantitative estimate of drug-likeness (QED) is 0.712. The Morgan fingerprint density at radius 3 is 2.62 bits per heavy atom. The first kappa shape index (κ1) is 11.6. The lowest BCUT2D eigenvalue weighted by atomic mass is 9.75. The molecule has 6 heteroatoms. The summed E-state index contributed by atoms with van der Waals surface area (Å²) in [4.78, 5) is 11.6. The first-order valence-corrected chi connectivity index (χ1v) is 7.09. The van der Waals surface area contributed by atoms with Gasteiger partial charge in [0.25, 0.3) is 0 Å². The van der Waals surface area contributed by atoms with Crippen molar-refractivity contribution >= 4 is 15.7 Å². The van der Waals surface area contributed by atoms with Crippen molar-refractivity contribution in [2.24, 2.45) is 5.73 Å². The van der Waals surface area contributed by atoms with Crippen LogP contribution in [0.5, 0.6) is 0 Å². The normalized spacial score (nSPS) is 29.7. The van der Waals surface area contributed by atoms with Crippen LogP contribution >= 0.6 is 0 Å². The molecule has 1 amide bonds. The summed E-state index contributed by atoms with van der Waals surface area (Å²) < 4.78 is 22.2. The van der Waals surface area contributed by atoms with Crippen molar-refractivity contribution in [1.29, 1.82) is 0 Å². The second-order valence-electron chi connectivity index (χ2n) is 4.72. The highest BCUT2D eigenvalue weighted by atomic mass is 32.2. The molecule has 0 aromatic carbocycles. The zero-order valence-electron chi connectivity index (χ0n) is 8.98. The number of sulfone groups is 1. The van der Waals surface area contributed by atoms with Gasteiger partial charge in [-0.25, -0.2) is 8.42 Å². The van der Waals surface area contributed by atoms with Gasteiger partial charge in [-0.2, -0.15) is 0 Å². The molecule has 0 radical (unpaired) electrons. The molecule has 0 saturated heterocycles. The van der Waals surface area contributed by atoms with Crippen molar-refractivity contribution in [3.63, 3.8) is 0 Å². The molecular formula is C10H16N2O3S. The van der Waals surface area contributed by atoms with Crippen LogP contribution in [-0.2, 0) is 14.6 Å². The molecule has 2 aliphatic rings. The maximum Gasteiger partial charge on any atom is 0.222 e. The largest absolute Gasteiger partial charge is 0.349 e. The fourth-order valence-corrected chi connectivity index (χ4v) is 3.29. The van der Waals surface area contributed by atoms with Gasteiger partial charge in [0.1, 0.15) is 0 Å².